The van der Waals surface area contributed by atoms with E-state index in [9.17, 15) is 4.39 Å². The Morgan fingerprint density at radius 3 is 2.70 bits per heavy atom. The fourth-order valence-electron chi connectivity index (χ4n) is 3.91. The van der Waals surface area contributed by atoms with Gasteiger partial charge in [0, 0.05) is 25.2 Å². The second kappa shape index (κ2) is 6.23. The van der Waals surface area contributed by atoms with E-state index in [4.69, 9.17) is 5.73 Å². The smallest absolute Gasteiger partial charge is 0.128 e. The highest BCUT2D eigenvalue weighted by Crippen LogP contribution is 2.36. The minimum absolute atomic E-state index is 0.0984. The van der Waals surface area contributed by atoms with E-state index >= 15 is 0 Å². The van der Waals surface area contributed by atoms with Crippen molar-refractivity contribution in [2.75, 3.05) is 13.1 Å². The first-order valence-electron chi connectivity index (χ1n) is 7.96. The van der Waals surface area contributed by atoms with Crippen LogP contribution in [0.3, 0.4) is 0 Å². The van der Waals surface area contributed by atoms with E-state index in [-0.39, 0.29) is 5.82 Å². The van der Waals surface area contributed by atoms with Crippen LogP contribution in [0.25, 0.3) is 0 Å². The van der Waals surface area contributed by atoms with Crippen LogP contribution < -0.4 is 5.73 Å². The molecule has 20 heavy (non-hydrogen) atoms. The van der Waals surface area contributed by atoms with Crippen LogP contribution in [0.2, 0.25) is 0 Å². The molecule has 0 spiro atoms. The molecular formula is C17H25FN2. The van der Waals surface area contributed by atoms with E-state index in [0.717, 1.165) is 42.6 Å². The second-order valence-electron chi connectivity index (χ2n) is 6.46. The molecule has 1 saturated carbocycles. The number of hydrogen-bond donors (Lipinski definition) is 1. The van der Waals surface area contributed by atoms with Crippen molar-refractivity contribution in [3.8, 4) is 0 Å². The minimum atomic E-state index is -0.0984. The monoisotopic (exact) mass is 276 g/mol. The highest BCUT2D eigenvalue weighted by atomic mass is 19.1. The van der Waals surface area contributed by atoms with Gasteiger partial charge in [-0.1, -0.05) is 31.4 Å². The second-order valence-corrected chi connectivity index (χ2v) is 6.46. The average molecular weight is 276 g/mol. The van der Waals surface area contributed by atoms with Gasteiger partial charge in [0.15, 0.2) is 0 Å². The Morgan fingerprint density at radius 1 is 1.15 bits per heavy atom. The van der Waals surface area contributed by atoms with E-state index in [1.165, 1.54) is 32.1 Å². The standard InChI is InChI=1S/C17H25FN2/c18-17-9-13(10-19)5-6-16(17)12-20-8-7-14-3-1-2-4-15(14)11-20/h5-6,9,14-15H,1-4,7-8,10-12,19H2. The van der Waals surface area contributed by atoms with Gasteiger partial charge in [0.05, 0.1) is 0 Å². The fraction of sp³-hybridized carbons (Fsp3) is 0.647. The zero-order valence-electron chi connectivity index (χ0n) is 12.2. The zero-order valence-corrected chi connectivity index (χ0v) is 12.2. The van der Waals surface area contributed by atoms with Crippen molar-refractivity contribution in [2.24, 2.45) is 17.6 Å². The lowest BCUT2D eigenvalue weighted by Crippen LogP contribution is -2.41. The molecule has 2 atom stereocenters. The predicted octanol–water partition coefficient (Wildman–Crippen LogP) is 3.30. The summed E-state index contributed by atoms with van der Waals surface area (Å²) in [6, 6.07) is 5.44. The largest absolute Gasteiger partial charge is 0.326 e. The summed E-state index contributed by atoms with van der Waals surface area (Å²) in [6.07, 6.45) is 6.88. The Balaban J connectivity index is 1.63. The van der Waals surface area contributed by atoms with Gasteiger partial charge in [-0.3, -0.25) is 4.90 Å². The van der Waals surface area contributed by atoms with E-state index in [1.54, 1.807) is 6.07 Å². The first kappa shape index (κ1) is 14.0. The number of benzene rings is 1. The van der Waals surface area contributed by atoms with Gasteiger partial charge in [0.2, 0.25) is 0 Å². The fourth-order valence-corrected chi connectivity index (χ4v) is 3.91. The molecule has 1 aliphatic heterocycles. The Kier molecular flexibility index (Phi) is 4.37. The van der Waals surface area contributed by atoms with Crippen LogP contribution in [0.1, 0.15) is 43.2 Å². The molecule has 0 amide bonds. The summed E-state index contributed by atoms with van der Waals surface area (Å²) in [6.45, 7) is 3.44. The van der Waals surface area contributed by atoms with Crippen molar-refractivity contribution in [1.29, 1.82) is 0 Å². The number of piperidine rings is 1. The van der Waals surface area contributed by atoms with Gasteiger partial charge in [0.25, 0.3) is 0 Å². The van der Waals surface area contributed by atoms with Crippen LogP contribution in [0.4, 0.5) is 4.39 Å². The van der Waals surface area contributed by atoms with Gasteiger partial charge in [-0.25, -0.2) is 4.39 Å². The molecule has 2 unspecified atom stereocenters. The number of nitrogens with two attached hydrogens (primary N) is 1. The molecule has 2 nitrogen and oxygen atoms in total. The summed E-state index contributed by atoms with van der Waals surface area (Å²) in [5.41, 5.74) is 7.24. The summed E-state index contributed by atoms with van der Waals surface area (Å²) >= 11 is 0. The number of nitrogens with zero attached hydrogens (tertiary/aromatic N) is 1. The molecule has 2 N–H and O–H groups in total. The van der Waals surface area contributed by atoms with Crippen molar-refractivity contribution in [1.82, 2.24) is 4.90 Å². The van der Waals surface area contributed by atoms with Crippen molar-refractivity contribution >= 4 is 0 Å². The van der Waals surface area contributed by atoms with Crippen LogP contribution >= 0.6 is 0 Å². The maximum absolute atomic E-state index is 14.0. The minimum Gasteiger partial charge on any atom is -0.326 e. The first-order chi connectivity index (χ1) is 9.76. The van der Waals surface area contributed by atoms with Crippen LogP contribution in [0, 0.1) is 17.7 Å². The Labute approximate surface area is 121 Å². The molecule has 1 aromatic rings. The lowest BCUT2D eigenvalue weighted by atomic mass is 9.75. The van der Waals surface area contributed by atoms with Crippen LogP contribution in [-0.4, -0.2) is 18.0 Å². The normalized spacial score (nSPS) is 27.3. The summed E-state index contributed by atoms with van der Waals surface area (Å²) in [5.74, 6) is 1.69. The van der Waals surface area contributed by atoms with E-state index in [2.05, 4.69) is 4.90 Å². The SMILES string of the molecule is NCc1ccc(CN2CCC3CCCCC3C2)c(F)c1. The Bertz CT molecular complexity index is 460. The molecule has 110 valence electrons. The third-order valence-electron chi connectivity index (χ3n) is 5.12. The number of fused-ring (bicyclic) bond motifs is 1. The molecule has 2 fully saturated rings. The molecule has 1 aliphatic carbocycles. The molecule has 0 aromatic heterocycles. The van der Waals surface area contributed by atoms with Crippen molar-refractivity contribution < 1.29 is 4.39 Å². The molecule has 0 radical (unpaired) electrons. The third kappa shape index (κ3) is 3.04. The van der Waals surface area contributed by atoms with Gasteiger partial charge >= 0.3 is 0 Å². The van der Waals surface area contributed by atoms with E-state index < -0.39 is 0 Å². The highest BCUT2D eigenvalue weighted by molar-refractivity contribution is 5.24. The van der Waals surface area contributed by atoms with Crippen LogP contribution in [-0.2, 0) is 13.1 Å². The van der Waals surface area contributed by atoms with Gasteiger partial charge < -0.3 is 5.73 Å². The average Bonchev–Trinajstić information content (AvgIpc) is 2.49. The number of rotatable bonds is 3. The van der Waals surface area contributed by atoms with Crippen molar-refractivity contribution in [3.05, 3.63) is 35.1 Å². The van der Waals surface area contributed by atoms with Crippen molar-refractivity contribution in [2.45, 2.75) is 45.2 Å². The third-order valence-corrected chi connectivity index (χ3v) is 5.12. The van der Waals surface area contributed by atoms with Gasteiger partial charge in [-0.05, 0) is 42.9 Å². The lowest BCUT2D eigenvalue weighted by Gasteiger charge is -2.41. The van der Waals surface area contributed by atoms with Crippen LogP contribution in [0.5, 0.6) is 0 Å². The molecule has 0 bridgehead atoms. The van der Waals surface area contributed by atoms with Crippen molar-refractivity contribution in [3.63, 3.8) is 0 Å². The molecule has 2 aliphatic rings. The number of halogens is 1. The molecule has 3 rings (SSSR count). The summed E-state index contributed by atoms with van der Waals surface area (Å²) in [5, 5.41) is 0. The lowest BCUT2D eigenvalue weighted by molar-refractivity contribution is 0.0813. The maximum Gasteiger partial charge on any atom is 0.128 e. The summed E-state index contributed by atoms with van der Waals surface area (Å²) in [4.78, 5) is 2.44. The van der Waals surface area contributed by atoms with Crippen LogP contribution in [0.15, 0.2) is 18.2 Å². The van der Waals surface area contributed by atoms with Gasteiger partial charge in [-0.2, -0.15) is 0 Å². The predicted molar refractivity (Wildman–Crippen MR) is 79.6 cm³/mol. The summed E-state index contributed by atoms with van der Waals surface area (Å²) < 4.78 is 14.0. The topological polar surface area (TPSA) is 29.3 Å². The van der Waals surface area contributed by atoms with Gasteiger partial charge in [0.1, 0.15) is 5.82 Å². The summed E-state index contributed by atoms with van der Waals surface area (Å²) in [7, 11) is 0. The molecule has 1 saturated heterocycles. The Hall–Kier alpha value is -0.930. The number of hydrogen-bond acceptors (Lipinski definition) is 2. The maximum atomic E-state index is 14.0. The molecular weight excluding hydrogens is 251 g/mol. The Morgan fingerprint density at radius 2 is 1.95 bits per heavy atom. The molecule has 1 heterocycles. The van der Waals surface area contributed by atoms with Gasteiger partial charge in [-0.15, -0.1) is 0 Å². The number of likely N-dealkylation sites (tertiary alicyclic amines) is 1. The molecule has 3 heteroatoms. The van der Waals surface area contributed by atoms with E-state index in [0.29, 0.717) is 6.54 Å². The highest BCUT2D eigenvalue weighted by Gasteiger charge is 2.31. The zero-order chi connectivity index (χ0) is 13.9. The molecule has 1 aromatic carbocycles. The van der Waals surface area contributed by atoms with E-state index in [1.807, 2.05) is 12.1 Å². The quantitative estimate of drug-likeness (QED) is 0.918. The first-order valence-corrected chi connectivity index (χ1v) is 7.96.